The minimum Gasteiger partial charge on any atom is -0.379 e. The number of amides is 2. The number of nitrogens with one attached hydrogen (secondary N) is 2. The Bertz CT molecular complexity index is 1290. The highest BCUT2D eigenvalue weighted by Crippen LogP contribution is 2.27. The molecular weight excluding hydrogens is 560 g/mol. The number of rotatable bonds is 11. The second-order valence-corrected chi connectivity index (χ2v) is 11.7. The van der Waals surface area contributed by atoms with Gasteiger partial charge in [0.25, 0.3) is 0 Å². The maximum atomic E-state index is 14.1. The van der Waals surface area contributed by atoms with Crippen molar-refractivity contribution in [2.45, 2.75) is 30.8 Å². The van der Waals surface area contributed by atoms with Crippen molar-refractivity contribution in [2.75, 3.05) is 52.5 Å². The van der Waals surface area contributed by atoms with Crippen molar-refractivity contribution >= 4 is 29.5 Å². The summed E-state index contributed by atoms with van der Waals surface area (Å²) in [7, 11) is 0. The molecule has 0 radical (unpaired) electrons. The lowest BCUT2D eigenvalue weighted by Crippen LogP contribution is -2.50. The van der Waals surface area contributed by atoms with Gasteiger partial charge in [-0.25, -0.2) is 0 Å². The SMILES string of the molecule is O=C(/C=C/c1ccc(Cl)cc1)NC[C@@H]1CCN(CC(c2ccccc2)c2ccccc2)C(=O)[C@H](CCN2CCOCC2)N1. The van der Waals surface area contributed by atoms with E-state index in [1.54, 1.807) is 18.2 Å². The minimum atomic E-state index is -0.330. The molecule has 0 bridgehead atoms. The lowest BCUT2D eigenvalue weighted by Gasteiger charge is -2.31. The van der Waals surface area contributed by atoms with Gasteiger partial charge in [-0.05, 0) is 47.7 Å². The molecule has 0 aromatic heterocycles. The molecule has 43 heavy (non-hydrogen) atoms. The summed E-state index contributed by atoms with van der Waals surface area (Å²) in [6.45, 7) is 5.72. The minimum absolute atomic E-state index is 0.0246. The van der Waals surface area contributed by atoms with Crippen molar-refractivity contribution in [1.82, 2.24) is 20.4 Å². The summed E-state index contributed by atoms with van der Waals surface area (Å²) < 4.78 is 5.52. The first kappa shape index (κ1) is 31.0. The number of morpholine rings is 1. The molecule has 7 nitrogen and oxygen atoms in total. The summed E-state index contributed by atoms with van der Waals surface area (Å²) in [6.07, 6.45) is 4.77. The molecule has 0 aliphatic carbocycles. The average molecular weight is 601 g/mol. The average Bonchev–Trinajstić information content (AvgIpc) is 3.20. The molecule has 8 heteroatoms. The molecule has 2 aliphatic rings. The monoisotopic (exact) mass is 600 g/mol. The molecule has 2 fully saturated rings. The van der Waals surface area contributed by atoms with Gasteiger partial charge in [-0.3, -0.25) is 14.5 Å². The zero-order valence-corrected chi connectivity index (χ0v) is 25.3. The van der Waals surface area contributed by atoms with E-state index in [0.717, 1.165) is 44.8 Å². The van der Waals surface area contributed by atoms with Crippen molar-refractivity contribution in [3.8, 4) is 0 Å². The number of carbonyl (C=O) groups is 2. The molecule has 2 saturated heterocycles. The van der Waals surface area contributed by atoms with Crippen LogP contribution in [0.5, 0.6) is 0 Å². The summed E-state index contributed by atoms with van der Waals surface area (Å²) in [5, 5.41) is 7.32. The van der Waals surface area contributed by atoms with Crippen molar-refractivity contribution in [2.24, 2.45) is 0 Å². The van der Waals surface area contributed by atoms with Gasteiger partial charge in [0, 0.05) is 62.3 Å². The molecule has 2 aliphatic heterocycles. The number of hydrogen-bond donors (Lipinski definition) is 2. The van der Waals surface area contributed by atoms with Crippen molar-refractivity contribution in [1.29, 1.82) is 0 Å². The Labute approximate surface area is 259 Å². The van der Waals surface area contributed by atoms with Gasteiger partial charge >= 0.3 is 0 Å². The van der Waals surface area contributed by atoms with E-state index < -0.39 is 0 Å². The predicted octanol–water partition coefficient (Wildman–Crippen LogP) is 4.58. The van der Waals surface area contributed by atoms with Gasteiger partial charge in [0.05, 0.1) is 19.3 Å². The number of ether oxygens (including phenoxy) is 1. The van der Waals surface area contributed by atoms with E-state index in [0.29, 0.717) is 31.1 Å². The first-order valence-corrected chi connectivity index (χ1v) is 15.6. The Kier molecular flexibility index (Phi) is 11.4. The fourth-order valence-corrected chi connectivity index (χ4v) is 5.92. The molecule has 2 N–H and O–H groups in total. The maximum absolute atomic E-state index is 14.1. The molecule has 2 atom stereocenters. The van der Waals surface area contributed by atoms with Crippen LogP contribution in [0.1, 0.15) is 35.4 Å². The van der Waals surface area contributed by atoms with Gasteiger partial charge < -0.3 is 20.3 Å². The van der Waals surface area contributed by atoms with Crippen LogP contribution in [0.2, 0.25) is 5.02 Å². The molecule has 0 saturated carbocycles. The highest BCUT2D eigenvalue weighted by Gasteiger charge is 2.33. The molecule has 3 aromatic carbocycles. The van der Waals surface area contributed by atoms with E-state index in [1.165, 1.54) is 17.2 Å². The normalized spacial score (nSPS) is 20.0. The van der Waals surface area contributed by atoms with Gasteiger partial charge in [-0.2, -0.15) is 0 Å². The third-order valence-corrected chi connectivity index (χ3v) is 8.51. The van der Waals surface area contributed by atoms with Gasteiger partial charge in [0.1, 0.15) is 0 Å². The van der Waals surface area contributed by atoms with Crippen LogP contribution in [0.3, 0.4) is 0 Å². The van der Waals surface area contributed by atoms with E-state index in [4.69, 9.17) is 16.3 Å². The van der Waals surface area contributed by atoms with Crippen LogP contribution in [-0.4, -0.2) is 86.2 Å². The summed E-state index contributed by atoms with van der Waals surface area (Å²) >= 11 is 5.97. The lowest BCUT2D eigenvalue weighted by molar-refractivity contribution is -0.133. The highest BCUT2D eigenvalue weighted by molar-refractivity contribution is 6.30. The van der Waals surface area contributed by atoms with E-state index in [1.807, 2.05) is 29.2 Å². The van der Waals surface area contributed by atoms with E-state index in [2.05, 4.69) is 64.1 Å². The standard InChI is InChI=1S/C35H41ClN4O3/c36-30-14-11-27(12-15-30)13-16-34(41)37-25-31-17-20-40(35(42)33(38-31)18-19-39-21-23-43-24-22-39)26-32(28-7-3-1-4-8-28)29-9-5-2-6-10-29/h1-16,31-33,38H,17-26H2,(H,37,41)/b16-13+/t31-,33-/m0/s1. The summed E-state index contributed by atoms with van der Waals surface area (Å²) in [6, 6.07) is 27.8. The van der Waals surface area contributed by atoms with Crippen LogP contribution in [0.15, 0.2) is 91.0 Å². The summed E-state index contributed by atoms with van der Waals surface area (Å²) in [5.41, 5.74) is 3.29. The fourth-order valence-electron chi connectivity index (χ4n) is 5.79. The highest BCUT2D eigenvalue weighted by atomic mass is 35.5. The van der Waals surface area contributed by atoms with Crippen molar-refractivity contribution in [3.05, 3.63) is 113 Å². The van der Waals surface area contributed by atoms with Gasteiger partial charge in [0.15, 0.2) is 0 Å². The topological polar surface area (TPSA) is 73.9 Å². The van der Waals surface area contributed by atoms with Crippen LogP contribution in [0.4, 0.5) is 0 Å². The third-order valence-electron chi connectivity index (χ3n) is 8.26. The Morgan fingerprint density at radius 2 is 1.60 bits per heavy atom. The first-order chi connectivity index (χ1) is 21.0. The predicted molar refractivity (Wildman–Crippen MR) is 172 cm³/mol. The molecule has 226 valence electrons. The Hall–Kier alpha value is -3.49. The number of benzene rings is 3. The zero-order chi connectivity index (χ0) is 29.9. The van der Waals surface area contributed by atoms with Crippen LogP contribution in [0.25, 0.3) is 6.08 Å². The lowest BCUT2D eigenvalue weighted by atomic mass is 9.90. The molecule has 2 amide bonds. The number of carbonyl (C=O) groups excluding carboxylic acids is 2. The number of hydrogen-bond acceptors (Lipinski definition) is 5. The van der Waals surface area contributed by atoms with E-state index >= 15 is 0 Å². The van der Waals surface area contributed by atoms with Gasteiger partial charge in [-0.15, -0.1) is 0 Å². The van der Waals surface area contributed by atoms with Crippen molar-refractivity contribution < 1.29 is 14.3 Å². The van der Waals surface area contributed by atoms with Gasteiger partial charge in [-0.1, -0.05) is 84.4 Å². The second-order valence-electron chi connectivity index (χ2n) is 11.2. The smallest absolute Gasteiger partial charge is 0.244 e. The number of nitrogens with zero attached hydrogens (tertiary/aromatic N) is 2. The largest absolute Gasteiger partial charge is 0.379 e. The maximum Gasteiger partial charge on any atom is 0.244 e. The summed E-state index contributed by atoms with van der Waals surface area (Å²) in [4.78, 5) is 31.2. The summed E-state index contributed by atoms with van der Waals surface area (Å²) in [5.74, 6) is 0.0318. The van der Waals surface area contributed by atoms with Crippen LogP contribution in [0, 0.1) is 0 Å². The molecule has 5 rings (SSSR count). The van der Waals surface area contributed by atoms with Crippen molar-refractivity contribution in [3.63, 3.8) is 0 Å². The molecule has 0 spiro atoms. The third kappa shape index (κ3) is 9.25. The molecule has 2 heterocycles. The zero-order valence-electron chi connectivity index (χ0n) is 24.5. The second kappa shape index (κ2) is 15.8. The Balaban J connectivity index is 1.28. The van der Waals surface area contributed by atoms with Crippen LogP contribution >= 0.6 is 11.6 Å². The van der Waals surface area contributed by atoms with Crippen LogP contribution in [-0.2, 0) is 14.3 Å². The van der Waals surface area contributed by atoms with Gasteiger partial charge in [0.2, 0.25) is 11.8 Å². The quantitative estimate of drug-likeness (QED) is 0.315. The van der Waals surface area contributed by atoms with E-state index in [-0.39, 0.29) is 29.8 Å². The van der Waals surface area contributed by atoms with Crippen LogP contribution < -0.4 is 10.6 Å². The Morgan fingerprint density at radius 3 is 2.26 bits per heavy atom. The molecule has 3 aromatic rings. The fraction of sp³-hybridized carbons (Fsp3) is 0.371. The molecule has 0 unspecified atom stereocenters. The Morgan fingerprint density at radius 1 is 0.953 bits per heavy atom. The first-order valence-electron chi connectivity index (χ1n) is 15.2. The van der Waals surface area contributed by atoms with E-state index in [9.17, 15) is 9.59 Å². The molecular formula is C35H41ClN4O3. The number of halogens is 1.